The van der Waals surface area contributed by atoms with Crippen molar-refractivity contribution >= 4 is 5.69 Å². The Morgan fingerprint density at radius 2 is 2.15 bits per heavy atom. The first-order valence-corrected chi connectivity index (χ1v) is 6.48. The minimum atomic E-state index is -0.0770. The van der Waals surface area contributed by atoms with Crippen molar-refractivity contribution in [3.8, 4) is 6.07 Å². The van der Waals surface area contributed by atoms with Crippen LogP contribution in [0.3, 0.4) is 0 Å². The van der Waals surface area contributed by atoms with E-state index in [2.05, 4.69) is 21.2 Å². The zero-order valence-electron chi connectivity index (χ0n) is 11.2. The lowest BCUT2D eigenvalue weighted by molar-refractivity contribution is 0.0321. The molecule has 0 N–H and O–H groups in total. The monoisotopic (exact) mass is 269 g/mol. The van der Waals surface area contributed by atoms with Gasteiger partial charge in [-0.05, 0) is 24.3 Å². The number of morpholine rings is 1. The molecule has 1 atom stereocenters. The van der Waals surface area contributed by atoms with Crippen molar-refractivity contribution in [3.63, 3.8) is 0 Å². The van der Waals surface area contributed by atoms with Gasteiger partial charge in [0.25, 0.3) is 0 Å². The molecule has 0 spiro atoms. The molecule has 102 valence electrons. The zero-order chi connectivity index (χ0) is 13.9. The molecule has 0 unspecified atom stereocenters. The van der Waals surface area contributed by atoms with E-state index in [-0.39, 0.29) is 6.10 Å². The van der Waals surface area contributed by atoms with Crippen LogP contribution in [0.2, 0.25) is 0 Å². The number of aromatic nitrogens is 3. The highest BCUT2D eigenvalue weighted by atomic mass is 16.5. The predicted octanol–water partition coefficient (Wildman–Crippen LogP) is 1.26. The maximum atomic E-state index is 8.83. The van der Waals surface area contributed by atoms with E-state index in [1.54, 1.807) is 6.33 Å². The fraction of sp³-hybridized carbons (Fsp3) is 0.357. The predicted molar refractivity (Wildman–Crippen MR) is 73.1 cm³/mol. The molecular formula is C14H15N5O. The fourth-order valence-corrected chi connectivity index (χ4v) is 2.37. The topological polar surface area (TPSA) is 67.0 Å². The van der Waals surface area contributed by atoms with Gasteiger partial charge in [0.15, 0.2) is 5.82 Å². The van der Waals surface area contributed by atoms with Gasteiger partial charge in [-0.3, -0.25) is 0 Å². The third-order valence-corrected chi connectivity index (χ3v) is 3.46. The van der Waals surface area contributed by atoms with Crippen molar-refractivity contribution in [1.82, 2.24) is 14.8 Å². The van der Waals surface area contributed by atoms with Crippen molar-refractivity contribution in [1.29, 1.82) is 5.26 Å². The van der Waals surface area contributed by atoms with Crippen LogP contribution < -0.4 is 4.90 Å². The van der Waals surface area contributed by atoms with Gasteiger partial charge in [-0.25, -0.2) is 0 Å². The van der Waals surface area contributed by atoms with Crippen LogP contribution in [0, 0.1) is 11.3 Å². The van der Waals surface area contributed by atoms with Crippen LogP contribution in [0.5, 0.6) is 0 Å². The van der Waals surface area contributed by atoms with Gasteiger partial charge in [0.1, 0.15) is 12.4 Å². The van der Waals surface area contributed by atoms with Crippen molar-refractivity contribution < 1.29 is 4.74 Å². The summed E-state index contributed by atoms with van der Waals surface area (Å²) in [5, 5.41) is 16.8. The van der Waals surface area contributed by atoms with Crippen LogP contribution in [-0.2, 0) is 11.8 Å². The van der Waals surface area contributed by atoms with E-state index in [1.165, 1.54) is 0 Å². The molecule has 1 saturated heterocycles. The molecule has 0 aliphatic carbocycles. The van der Waals surface area contributed by atoms with Crippen LogP contribution in [0.15, 0.2) is 30.6 Å². The molecule has 6 nitrogen and oxygen atoms in total. The molecule has 0 amide bonds. The summed E-state index contributed by atoms with van der Waals surface area (Å²) in [6.07, 6.45) is 1.60. The summed E-state index contributed by atoms with van der Waals surface area (Å²) in [6.45, 7) is 2.22. The number of nitrogens with zero attached hydrogens (tertiary/aromatic N) is 5. The van der Waals surface area contributed by atoms with E-state index in [9.17, 15) is 0 Å². The first-order chi connectivity index (χ1) is 9.78. The average Bonchev–Trinajstić information content (AvgIpc) is 2.94. The summed E-state index contributed by atoms with van der Waals surface area (Å²) in [7, 11) is 1.92. The highest BCUT2D eigenvalue weighted by Crippen LogP contribution is 2.24. The molecule has 1 aromatic heterocycles. The number of nitriles is 1. The van der Waals surface area contributed by atoms with E-state index in [1.807, 2.05) is 35.9 Å². The third kappa shape index (κ3) is 2.36. The second-order valence-corrected chi connectivity index (χ2v) is 4.76. The average molecular weight is 269 g/mol. The molecule has 2 heterocycles. The molecule has 20 heavy (non-hydrogen) atoms. The number of rotatable bonds is 2. The Morgan fingerprint density at radius 3 is 2.80 bits per heavy atom. The highest BCUT2D eigenvalue weighted by Gasteiger charge is 2.25. The SMILES string of the molecule is Cn1cnnc1[C@@H]1CN(c2ccc(C#N)cc2)CCO1. The Labute approximate surface area is 117 Å². The van der Waals surface area contributed by atoms with Crippen molar-refractivity contribution in [2.75, 3.05) is 24.6 Å². The summed E-state index contributed by atoms with van der Waals surface area (Å²) >= 11 is 0. The van der Waals surface area contributed by atoms with E-state index in [4.69, 9.17) is 10.00 Å². The Balaban J connectivity index is 1.78. The lowest BCUT2D eigenvalue weighted by atomic mass is 10.2. The van der Waals surface area contributed by atoms with Crippen molar-refractivity contribution in [2.24, 2.45) is 7.05 Å². The molecule has 0 radical (unpaired) electrons. The summed E-state index contributed by atoms with van der Waals surface area (Å²) in [6, 6.07) is 9.74. The van der Waals surface area contributed by atoms with Gasteiger partial charge < -0.3 is 14.2 Å². The first-order valence-electron chi connectivity index (χ1n) is 6.48. The fourth-order valence-electron chi connectivity index (χ4n) is 2.37. The maximum Gasteiger partial charge on any atom is 0.163 e. The molecule has 6 heteroatoms. The quantitative estimate of drug-likeness (QED) is 0.821. The molecule has 0 saturated carbocycles. The standard InChI is InChI=1S/C14H15N5O/c1-18-10-16-17-14(18)13-9-19(6-7-20-13)12-4-2-11(8-15)3-5-12/h2-5,10,13H,6-7,9H2,1H3/t13-/m0/s1. The molecule has 1 aliphatic rings. The second-order valence-electron chi connectivity index (χ2n) is 4.76. The third-order valence-electron chi connectivity index (χ3n) is 3.46. The first kappa shape index (κ1) is 12.6. The Bertz CT molecular complexity index is 628. The number of ether oxygens (including phenoxy) is 1. The smallest absolute Gasteiger partial charge is 0.163 e. The molecule has 3 rings (SSSR count). The van der Waals surface area contributed by atoms with Crippen LogP contribution in [0.4, 0.5) is 5.69 Å². The van der Waals surface area contributed by atoms with E-state index in [0.29, 0.717) is 12.2 Å². The van der Waals surface area contributed by atoms with Gasteiger partial charge in [0, 0.05) is 19.3 Å². The molecule has 1 aliphatic heterocycles. The molecule has 2 aromatic rings. The van der Waals surface area contributed by atoms with Crippen LogP contribution in [0.25, 0.3) is 0 Å². The Hall–Kier alpha value is -2.39. The number of anilines is 1. The Kier molecular flexibility index (Phi) is 3.35. The van der Waals surface area contributed by atoms with Gasteiger partial charge in [0.05, 0.1) is 24.8 Å². The van der Waals surface area contributed by atoms with Crippen LogP contribution in [-0.4, -0.2) is 34.5 Å². The molecule has 1 aromatic carbocycles. The van der Waals surface area contributed by atoms with E-state index < -0.39 is 0 Å². The summed E-state index contributed by atoms with van der Waals surface area (Å²) < 4.78 is 7.66. The largest absolute Gasteiger partial charge is 0.367 e. The molecular weight excluding hydrogens is 254 g/mol. The second kappa shape index (κ2) is 5.31. The normalized spacial score (nSPS) is 18.8. The number of aryl methyl sites for hydroxylation is 1. The summed E-state index contributed by atoms with van der Waals surface area (Å²) in [4.78, 5) is 2.24. The van der Waals surface area contributed by atoms with Crippen LogP contribution in [0.1, 0.15) is 17.5 Å². The van der Waals surface area contributed by atoms with E-state index in [0.717, 1.165) is 24.6 Å². The minimum absolute atomic E-state index is 0.0770. The highest BCUT2D eigenvalue weighted by molar-refractivity contribution is 5.50. The van der Waals surface area contributed by atoms with Crippen molar-refractivity contribution in [2.45, 2.75) is 6.10 Å². The van der Waals surface area contributed by atoms with Gasteiger partial charge in [-0.1, -0.05) is 0 Å². The van der Waals surface area contributed by atoms with Crippen molar-refractivity contribution in [3.05, 3.63) is 42.0 Å². The minimum Gasteiger partial charge on any atom is -0.367 e. The lowest BCUT2D eigenvalue weighted by Crippen LogP contribution is -2.39. The zero-order valence-corrected chi connectivity index (χ0v) is 11.2. The molecule has 1 fully saturated rings. The summed E-state index contributed by atoms with van der Waals surface area (Å²) in [5.41, 5.74) is 1.77. The number of hydrogen-bond acceptors (Lipinski definition) is 5. The number of benzene rings is 1. The molecule has 0 bridgehead atoms. The Morgan fingerprint density at radius 1 is 1.35 bits per heavy atom. The van der Waals surface area contributed by atoms with Crippen LogP contribution >= 0.6 is 0 Å². The lowest BCUT2D eigenvalue weighted by Gasteiger charge is -2.33. The van der Waals surface area contributed by atoms with Gasteiger partial charge in [-0.2, -0.15) is 5.26 Å². The van der Waals surface area contributed by atoms with Gasteiger partial charge in [0.2, 0.25) is 0 Å². The van der Waals surface area contributed by atoms with Gasteiger partial charge in [-0.15, -0.1) is 10.2 Å². The maximum absolute atomic E-state index is 8.83. The van der Waals surface area contributed by atoms with Gasteiger partial charge >= 0.3 is 0 Å². The number of hydrogen-bond donors (Lipinski definition) is 0. The summed E-state index contributed by atoms with van der Waals surface area (Å²) in [5.74, 6) is 0.836. The van der Waals surface area contributed by atoms with E-state index >= 15 is 0 Å².